The molecular formula is C59H77N11O7S. The van der Waals surface area contributed by atoms with Gasteiger partial charge in [0.2, 0.25) is 29.5 Å². The molecule has 78 heavy (non-hydrogen) atoms. The number of hydrogen-bond acceptors (Lipinski definition) is 14. The van der Waals surface area contributed by atoms with Crippen LogP contribution < -0.4 is 31.5 Å². The van der Waals surface area contributed by atoms with Crippen LogP contribution in [0.4, 0.5) is 17.2 Å². The summed E-state index contributed by atoms with van der Waals surface area (Å²) in [6.45, 7) is 11.3. The molecule has 5 heterocycles. The Morgan fingerprint density at radius 3 is 2.17 bits per heavy atom. The number of thiazole rings is 1. The number of nitrogen functional groups attached to an aromatic ring is 1. The molecule has 3 aliphatic rings. The highest BCUT2D eigenvalue weighted by Gasteiger charge is 2.44. The summed E-state index contributed by atoms with van der Waals surface area (Å²) in [5, 5.41) is 38.8. The van der Waals surface area contributed by atoms with Crippen LogP contribution in [0.2, 0.25) is 0 Å². The number of aliphatic hydroxyl groups is 1. The highest BCUT2D eigenvalue weighted by atomic mass is 32.1. The van der Waals surface area contributed by atoms with E-state index in [4.69, 9.17) is 5.73 Å². The van der Waals surface area contributed by atoms with Crippen LogP contribution in [-0.2, 0) is 30.5 Å². The fourth-order valence-electron chi connectivity index (χ4n) is 10.8. The van der Waals surface area contributed by atoms with Gasteiger partial charge in [0.15, 0.2) is 5.82 Å². The van der Waals surface area contributed by atoms with E-state index in [2.05, 4.69) is 40.9 Å². The van der Waals surface area contributed by atoms with E-state index in [1.807, 2.05) is 105 Å². The first-order chi connectivity index (χ1) is 37.5. The number of unbranched alkanes of at least 4 members (excludes halogenated alkanes) is 5. The van der Waals surface area contributed by atoms with Gasteiger partial charge in [0, 0.05) is 82.9 Å². The van der Waals surface area contributed by atoms with Gasteiger partial charge in [-0.1, -0.05) is 101 Å². The summed E-state index contributed by atoms with van der Waals surface area (Å²) in [5.74, 6) is -0.289. The van der Waals surface area contributed by atoms with Crippen molar-refractivity contribution in [1.82, 2.24) is 40.9 Å². The van der Waals surface area contributed by atoms with E-state index < -0.39 is 29.6 Å². The molecule has 3 aliphatic heterocycles. The molecule has 0 aliphatic carbocycles. The number of rotatable bonds is 21. The number of hydrogen-bond donors (Lipinski definition) is 6. The molecule has 18 nitrogen and oxygen atoms in total. The van der Waals surface area contributed by atoms with E-state index in [1.54, 1.807) is 29.5 Å². The Balaban J connectivity index is 0.715. The average molecular weight is 1080 g/mol. The highest BCUT2D eigenvalue weighted by molar-refractivity contribution is 7.13. The summed E-state index contributed by atoms with van der Waals surface area (Å²) in [6.07, 6.45) is 6.73. The number of carbonyl (C=O) groups is 5. The fourth-order valence-corrected chi connectivity index (χ4v) is 11.6. The second-order valence-electron chi connectivity index (χ2n) is 22.1. The van der Waals surface area contributed by atoms with Crippen LogP contribution in [0.5, 0.6) is 5.75 Å². The van der Waals surface area contributed by atoms with Gasteiger partial charge in [0.05, 0.1) is 33.6 Å². The van der Waals surface area contributed by atoms with E-state index in [-0.39, 0.29) is 73.0 Å². The topological polar surface area (TPSA) is 240 Å². The lowest BCUT2D eigenvalue weighted by Gasteiger charge is -2.43. The third kappa shape index (κ3) is 14.7. The number of benzene rings is 3. The smallest absolute Gasteiger partial charge is 0.246 e. The number of nitrogens with zero attached hydrogens (tertiary/aromatic N) is 7. The van der Waals surface area contributed by atoms with Gasteiger partial charge in [-0.05, 0) is 85.4 Å². The molecule has 4 atom stereocenters. The maximum atomic E-state index is 14.1. The Hall–Kier alpha value is -7.12. The minimum atomic E-state index is -0.880. The third-order valence-electron chi connectivity index (χ3n) is 15.4. The molecule has 3 fully saturated rings. The zero-order valence-electron chi connectivity index (χ0n) is 45.5. The first-order valence-corrected chi connectivity index (χ1v) is 28.5. The summed E-state index contributed by atoms with van der Waals surface area (Å²) >= 11 is 1.58. The number of aryl methyl sites for hydroxylation is 1. The van der Waals surface area contributed by atoms with E-state index in [1.165, 1.54) is 4.90 Å². The fraction of sp³-hybridized carbons (Fsp3) is 0.492. The minimum Gasteiger partial charge on any atom is -0.507 e. The van der Waals surface area contributed by atoms with Crippen molar-refractivity contribution in [3.05, 3.63) is 102 Å². The summed E-state index contributed by atoms with van der Waals surface area (Å²) < 4.78 is 0. The van der Waals surface area contributed by atoms with Gasteiger partial charge < -0.3 is 51.5 Å². The van der Waals surface area contributed by atoms with E-state index in [0.29, 0.717) is 69.1 Å². The number of nitrogens with one attached hydrogen (secondary N) is 3. The van der Waals surface area contributed by atoms with Crippen molar-refractivity contribution in [3.63, 3.8) is 0 Å². The first kappa shape index (κ1) is 57.1. The summed E-state index contributed by atoms with van der Waals surface area (Å²) in [6, 6.07) is 24.4. The lowest BCUT2D eigenvalue weighted by molar-refractivity contribution is -0.144. The van der Waals surface area contributed by atoms with E-state index in [9.17, 15) is 34.2 Å². The number of amides is 5. The Morgan fingerprint density at radius 1 is 0.795 bits per heavy atom. The monoisotopic (exact) mass is 1080 g/mol. The number of piperazine rings is 1. The maximum absolute atomic E-state index is 14.1. The quantitative estimate of drug-likeness (QED) is 0.0413. The molecule has 0 bridgehead atoms. The van der Waals surface area contributed by atoms with Crippen LogP contribution in [0, 0.1) is 18.3 Å². The van der Waals surface area contributed by atoms with Crippen molar-refractivity contribution in [2.45, 2.75) is 129 Å². The van der Waals surface area contributed by atoms with Gasteiger partial charge in [0.25, 0.3) is 0 Å². The number of anilines is 3. The molecule has 2 aromatic heterocycles. The number of aromatic nitrogens is 3. The van der Waals surface area contributed by atoms with Crippen LogP contribution in [-0.4, -0.2) is 135 Å². The highest BCUT2D eigenvalue weighted by Crippen LogP contribution is 2.34. The summed E-state index contributed by atoms with van der Waals surface area (Å²) in [4.78, 5) is 81.2. The maximum Gasteiger partial charge on any atom is 0.246 e. The largest absolute Gasteiger partial charge is 0.507 e. The Labute approximate surface area is 462 Å². The number of carbonyl (C=O) groups excluding carboxylic acids is 5. The molecule has 416 valence electrons. The summed E-state index contributed by atoms with van der Waals surface area (Å²) in [5.41, 5.74) is 13.1. The molecule has 3 aromatic carbocycles. The first-order valence-electron chi connectivity index (χ1n) is 27.6. The van der Waals surface area contributed by atoms with Crippen molar-refractivity contribution in [2.24, 2.45) is 11.3 Å². The molecule has 5 aromatic rings. The van der Waals surface area contributed by atoms with E-state index >= 15 is 0 Å². The zero-order valence-corrected chi connectivity index (χ0v) is 46.4. The Morgan fingerprint density at radius 2 is 1.47 bits per heavy atom. The normalized spacial score (nSPS) is 18.4. The molecular weight excluding hydrogens is 1010 g/mol. The van der Waals surface area contributed by atoms with Gasteiger partial charge in [-0.2, -0.15) is 0 Å². The molecule has 0 radical (unpaired) electrons. The van der Waals surface area contributed by atoms with Crippen LogP contribution in [0.15, 0.2) is 90.4 Å². The third-order valence-corrected chi connectivity index (χ3v) is 16.4. The average Bonchev–Trinajstić information content (AvgIpc) is 4.15. The van der Waals surface area contributed by atoms with Crippen molar-refractivity contribution in [2.75, 3.05) is 61.3 Å². The second kappa shape index (κ2) is 26.5. The number of aromatic hydroxyl groups is 1. The SMILES string of the molecule is Cc1ncsc1-c1ccc(CNC(=O)[C@@H]2C[C@@H](O)CN2C(=O)[C@@H](NC(=O)CCCCCCCCC(=O)N2CCC(CNC(=O)C3CN(c4cc(-c5ccccc5O)nnc4N)CCN3c3ccccc3)CC2)C(C)(C)C)cc1. The summed E-state index contributed by atoms with van der Waals surface area (Å²) in [7, 11) is 0. The molecule has 8 rings (SSSR count). The van der Waals surface area contributed by atoms with Crippen LogP contribution in [0.1, 0.15) is 103 Å². The molecule has 5 amide bonds. The Bertz CT molecular complexity index is 2830. The van der Waals surface area contributed by atoms with E-state index in [0.717, 1.165) is 72.3 Å². The zero-order chi connectivity index (χ0) is 55.3. The van der Waals surface area contributed by atoms with Crippen molar-refractivity contribution >= 4 is 58.1 Å². The number of phenolic OH excluding ortho intramolecular Hbond substituents is 1. The van der Waals surface area contributed by atoms with Crippen LogP contribution in [0.25, 0.3) is 21.7 Å². The number of phenols is 1. The number of nitrogens with two attached hydrogens (primary N) is 1. The second-order valence-corrected chi connectivity index (χ2v) is 23.0. The van der Waals surface area contributed by atoms with Crippen molar-refractivity contribution in [1.29, 1.82) is 0 Å². The van der Waals surface area contributed by atoms with Gasteiger partial charge in [-0.3, -0.25) is 24.0 Å². The molecule has 19 heteroatoms. The lowest BCUT2D eigenvalue weighted by Crippen LogP contribution is -2.60. The molecule has 1 unspecified atom stereocenters. The van der Waals surface area contributed by atoms with Crippen LogP contribution >= 0.6 is 11.3 Å². The minimum absolute atomic E-state index is 0.0145. The molecule has 0 spiro atoms. The van der Waals surface area contributed by atoms with Gasteiger partial charge in [-0.25, -0.2) is 4.98 Å². The Kier molecular flexibility index (Phi) is 19.4. The predicted molar refractivity (Wildman–Crippen MR) is 304 cm³/mol. The standard InChI is InChI=1S/C59H77N11O7S/c1-39-53(78-38-63-39)42-24-22-40(23-25-42)34-61-56(75)48-32-44(71)36-70(48)58(77)54(59(2,3)4)64-51(73)20-12-7-5-6-8-13-21-52(74)67-28-26-41(27-29-67)35-62-57(76)49-37-68(30-31-69(49)43-16-10-9-11-17-43)47-33-46(65-66-55(47)60)45-18-14-15-19-50(45)72/h9-11,14-19,22-25,33,38,41,44,48-49,54,71-72H,5-8,12-13,20-21,26-32,34-37H2,1-4H3,(H2,60,66)(H,61,75)(H,62,76)(H,64,73)/t44-,48+,49?,54-/m1/s1. The number of likely N-dealkylation sites (tertiary alicyclic amines) is 2. The molecule has 7 N–H and O–H groups in total. The lowest BCUT2D eigenvalue weighted by atomic mass is 9.85. The van der Waals surface area contributed by atoms with Gasteiger partial charge in [0.1, 0.15) is 23.9 Å². The van der Waals surface area contributed by atoms with Crippen molar-refractivity contribution in [3.8, 4) is 27.4 Å². The van der Waals surface area contributed by atoms with Crippen LogP contribution in [0.3, 0.4) is 0 Å². The van der Waals surface area contributed by atoms with Gasteiger partial charge in [-0.15, -0.1) is 21.5 Å². The number of para-hydroxylation sites is 2. The molecule has 3 saturated heterocycles. The number of β-amino-alcohol motifs (C(OH)–C–C–N with tert-alkyl or cyclic N) is 1. The number of aliphatic hydroxyl groups excluding tert-OH is 1. The van der Waals surface area contributed by atoms with Crippen molar-refractivity contribution < 1.29 is 34.2 Å². The van der Waals surface area contributed by atoms with Gasteiger partial charge >= 0.3 is 0 Å². The molecule has 0 saturated carbocycles. The number of piperidine rings is 1. The predicted octanol–water partition coefficient (Wildman–Crippen LogP) is 6.84.